The number of carbonyl (C=O) groups is 2. The lowest BCUT2D eigenvalue weighted by Crippen LogP contribution is -2.19. The average Bonchev–Trinajstić information content (AvgIpc) is 3.33. The quantitative estimate of drug-likeness (QED) is 0.287. The molecule has 0 aliphatic carbocycles. The lowest BCUT2D eigenvalue weighted by molar-refractivity contribution is 0.102. The maximum absolute atomic E-state index is 12.7. The Morgan fingerprint density at radius 2 is 1.39 bits per heavy atom. The number of urea groups is 1. The van der Waals surface area contributed by atoms with Crippen LogP contribution in [0.4, 0.5) is 33.6 Å². The molecule has 0 aliphatic heterocycles. The summed E-state index contributed by atoms with van der Waals surface area (Å²) >= 11 is 0. The van der Waals surface area contributed by atoms with Gasteiger partial charge >= 0.3 is 6.03 Å². The van der Waals surface area contributed by atoms with E-state index in [2.05, 4.69) is 31.1 Å². The zero-order valence-electron chi connectivity index (χ0n) is 22.3. The van der Waals surface area contributed by atoms with Gasteiger partial charge in [-0.2, -0.15) is 0 Å². The van der Waals surface area contributed by atoms with E-state index >= 15 is 0 Å². The first-order valence-electron chi connectivity index (χ1n) is 12.1. The van der Waals surface area contributed by atoms with Crippen LogP contribution in [0.25, 0.3) is 0 Å². The second-order valence-corrected chi connectivity index (χ2v) is 9.99. The highest BCUT2D eigenvalue weighted by molar-refractivity contribution is 6.04. The Bertz CT molecular complexity index is 1420. The van der Waals surface area contributed by atoms with Gasteiger partial charge in [0.05, 0.1) is 0 Å². The maximum Gasteiger partial charge on any atom is 0.324 e. The molecule has 0 fully saturated rings. The molecule has 3 amide bonds. The number of rotatable bonds is 6. The summed E-state index contributed by atoms with van der Waals surface area (Å²) in [5.41, 5.74) is 4.09. The summed E-state index contributed by atoms with van der Waals surface area (Å²) in [6.07, 6.45) is 0. The van der Waals surface area contributed by atoms with Gasteiger partial charge in [0, 0.05) is 52.5 Å². The molecule has 0 radical (unpaired) electrons. The van der Waals surface area contributed by atoms with Crippen molar-refractivity contribution in [1.29, 1.82) is 0 Å². The Balaban J connectivity index is 1.33. The molecular weight excluding hydrogens is 482 g/mol. The maximum atomic E-state index is 12.7. The summed E-state index contributed by atoms with van der Waals surface area (Å²) in [5, 5.41) is 12.1. The number of aromatic nitrogens is 3. The fourth-order valence-corrected chi connectivity index (χ4v) is 3.62. The third kappa shape index (κ3) is 6.52. The van der Waals surface area contributed by atoms with Crippen molar-refractivity contribution >= 4 is 40.8 Å². The Labute approximate surface area is 221 Å². The summed E-state index contributed by atoms with van der Waals surface area (Å²) in [7, 11) is 1.88. The molecule has 0 saturated heterocycles. The van der Waals surface area contributed by atoms with Gasteiger partial charge in [0.25, 0.3) is 5.91 Å². The van der Waals surface area contributed by atoms with Crippen molar-refractivity contribution in [2.45, 2.75) is 40.0 Å². The third-order valence-corrected chi connectivity index (χ3v) is 5.68. The van der Waals surface area contributed by atoms with Gasteiger partial charge in [-0.1, -0.05) is 25.9 Å². The SMILES string of the molecule is Cc1cc(C)nc(N(C)c2ccc(C(=O)Nc3ccc(NC(=O)Nc4cc(C(C)(C)C)on4)cc3)cc2)n1. The zero-order chi connectivity index (χ0) is 27.4. The zero-order valence-corrected chi connectivity index (χ0v) is 22.3. The first kappa shape index (κ1) is 26.3. The smallest absolute Gasteiger partial charge is 0.324 e. The molecule has 3 N–H and O–H groups in total. The molecule has 10 heteroatoms. The average molecular weight is 514 g/mol. The molecule has 2 aromatic heterocycles. The summed E-state index contributed by atoms with van der Waals surface area (Å²) in [4.78, 5) is 35.9. The van der Waals surface area contributed by atoms with E-state index < -0.39 is 6.03 Å². The number of anilines is 5. The van der Waals surface area contributed by atoms with E-state index in [0.29, 0.717) is 34.5 Å². The van der Waals surface area contributed by atoms with Crippen LogP contribution in [0.1, 0.15) is 48.3 Å². The molecule has 2 aromatic carbocycles. The number of nitrogens with one attached hydrogen (secondary N) is 3. The van der Waals surface area contributed by atoms with Crippen LogP contribution in [0, 0.1) is 13.8 Å². The monoisotopic (exact) mass is 513 g/mol. The van der Waals surface area contributed by atoms with Gasteiger partial charge in [-0.3, -0.25) is 10.1 Å². The van der Waals surface area contributed by atoms with Crippen LogP contribution in [-0.4, -0.2) is 34.1 Å². The van der Waals surface area contributed by atoms with E-state index in [1.165, 1.54) is 0 Å². The number of hydrogen-bond donors (Lipinski definition) is 3. The second kappa shape index (κ2) is 10.7. The number of nitrogens with zero attached hydrogens (tertiary/aromatic N) is 4. The number of benzene rings is 2. The highest BCUT2D eigenvalue weighted by Gasteiger charge is 2.20. The van der Waals surface area contributed by atoms with E-state index in [1.54, 1.807) is 42.5 Å². The summed E-state index contributed by atoms with van der Waals surface area (Å²) in [5.74, 6) is 1.35. The first-order valence-corrected chi connectivity index (χ1v) is 12.1. The van der Waals surface area contributed by atoms with Gasteiger partial charge in [-0.25, -0.2) is 14.8 Å². The van der Waals surface area contributed by atoms with Crippen molar-refractivity contribution in [3.63, 3.8) is 0 Å². The Morgan fingerprint density at radius 1 is 0.816 bits per heavy atom. The molecule has 4 aromatic rings. The van der Waals surface area contributed by atoms with Crippen molar-refractivity contribution in [1.82, 2.24) is 15.1 Å². The molecule has 196 valence electrons. The van der Waals surface area contributed by atoms with Crippen LogP contribution >= 0.6 is 0 Å². The van der Waals surface area contributed by atoms with E-state index in [9.17, 15) is 9.59 Å². The molecule has 38 heavy (non-hydrogen) atoms. The molecule has 0 spiro atoms. The van der Waals surface area contributed by atoms with Gasteiger partial charge < -0.3 is 20.1 Å². The number of aryl methyl sites for hydroxylation is 2. The largest absolute Gasteiger partial charge is 0.359 e. The topological polar surface area (TPSA) is 125 Å². The van der Waals surface area contributed by atoms with E-state index in [4.69, 9.17) is 4.52 Å². The standard InChI is InChI=1S/C28H31N7O3/c1-17-15-18(2)30-26(29-17)35(6)22-13-7-19(8-14-22)25(36)31-20-9-11-21(12-10-20)32-27(37)33-24-16-23(38-34-24)28(3,4)5/h7-16H,1-6H3,(H,31,36)(H2,32,33,34,37). The van der Waals surface area contributed by atoms with Crippen LogP contribution in [-0.2, 0) is 5.41 Å². The molecule has 4 rings (SSSR count). The number of amides is 3. The number of hydrogen-bond acceptors (Lipinski definition) is 7. The van der Waals surface area contributed by atoms with Gasteiger partial charge in [-0.15, -0.1) is 0 Å². The lowest BCUT2D eigenvalue weighted by Gasteiger charge is -2.18. The summed E-state index contributed by atoms with van der Waals surface area (Å²) in [6.45, 7) is 9.84. The van der Waals surface area contributed by atoms with Gasteiger partial charge in [0.15, 0.2) is 5.82 Å². The summed E-state index contributed by atoms with van der Waals surface area (Å²) in [6, 6.07) is 17.2. The molecule has 10 nitrogen and oxygen atoms in total. The highest BCUT2D eigenvalue weighted by atomic mass is 16.5. The minimum Gasteiger partial charge on any atom is -0.359 e. The molecule has 0 atom stereocenters. The van der Waals surface area contributed by atoms with Gasteiger partial charge in [-0.05, 0) is 68.4 Å². The van der Waals surface area contributed by atoms with Gasteiger partial charge in [0.1, 0.15) is 5.76 Å². The van der Waals surface area contributed by atoms with Crippen LogP contribution in [0.2, 0.25) is 0 Å². The van der Waals surface area contributed by atoms with Crippen LogP contribution in [0.15, 0.2) is 65.2 Å². The van der Waals surface area contributed by atoms with Crippen LogP contribution in [0.5, 0.6) is 0 Å². The summed E-state index contributed by atoms with van der Waals surface area (Å²) < 4.78 is 5.28. The molecular formula is C28H31N7O3. The van der Waals surface area contributed by atoms with Crippen LogP contribution in [0.3, 0.4) is 0 Å². The van der Waals surface area contributed by atoms with Crippen molar-refractivity contribution in [3.8, 4) is 0 Å². The predicted octanol–water partition coefficient (Wildman–Crippen LogP) is 6.04. The third-order valence-electron chi connectivity index (χ3n) is 5.68. The minimum absolute atomic E-state index is 0.211. The molecule has 2 heterocycles. The Morgan fingerprint density at radius 3 is 1.95 bits per heavy atom. The molecule has 0 bridgehead atoms. The van der Waals surface area contributed by atoms with Crippen molar-refractivity contribution in [2.75, 3.05) is 27.9 Å². The Hall–Kier alpha value is -4.73. The predicted molar refractivity (Wildman–Crippen MR) is 148 cm³/mol. The van der Waals surface area contributed by atoms with E-state index in [1.807, 2.05) is 64.8 Å². The van der Waals surface area contributed by atoms with E-state index in [-0.39, 0.29) is 11.3 Å². The lowest BCUT2D eigenvalue weighted by atomic mass is 9.93. The molecule has 0 aliphatic rings. The van der Waals surface area contributed by atoms with Gasteiger partial charge in [0.2, 0.25) is 5.95 Å². The normalized spacial score (nSPS) is 11.1. The minimum atomic E-state index is -0.452. The first-order chi connectivity index (χ1) is 18.0. The number of carbonyl (C=O) groups excluding carboxylic acids is 2. The van der Waals surface area contributed by atoms with Crippen LogP contribution < -0.4 is 20.9 Å². The van der Waals surface area contributed by atoms with Crippen molar-refractivity contribution in [3.05, 3.63) is 83.4 Å². The highest BCUT2D eigenvalue weighted by Crippen LogP contribution is 2.25. The van der Waals surface area contributed by atoms with E-state index in [0.717, 1.165) is 17.1 Å². The Kier molecular flexibility index (Phi) is 7.43. The van der Waals surface area contributed by atoms with Crippen molar-refractivity contribution < 1.29 is 14.1 Å². The fourth-order valence-electron chi connectivity index (χ4n) is 3.62. The fraction of sp³-hybridized carbons (Fsp3) is 0.250. The van der Waals surface area contributed by atoms with Crippen molar-refractivity contribution in [2.24, 2.45) is 0 Å². The molecule has 0 saturated carbocycles. The molecule has 0 unspecified atom stereocenters. The second-order valence-electron chi connectivity index (χ2n) is 9.99.